The third-order valence-electron chi connectivity index (χ3n) is 2.73. The van der Waals surface area contributed by atoms with Crippen LogP contribution >= 0.6 is 11.6 Å². The second-order valence-electron chi connectivity index (χ2n) is 4.18. The lowest BCUT2D eigenvalue weighted by Gasteiger charge is -2.05. The normalized spacial score (nSPS) is 10.8. The highest BCUT2D eigenvalue weighted by molar-refractivity contribution is 6.28. The van der Waals surface area contributed by atoms with Crippen LogP contribution in [0.1, 0.15) is 11.5 Å². The summed E-state index contributed by atoms with van der Waals surface area (Å²) in [6.07, 6.45) is 0. The fourth-order valence-electron chi connectivity index (χ4n) is 1.87. The molecule has 0 aliphatic heterocycles. The molecule has 0 saturated carbocycles. The lowest BCUT2D eigenvalue weighted by molar-refractivity contribution is 0.373. The zero-order valence-corrected chi connectivity index (χ0v) is 11.0. The molecule has 2 aromatic heterocycles. The van der Waals surface area contributed by atoms with Crippen molar-refractivity contribution in [3.8, 4) is 11.4 Å². The fourth-order valence-corrected chi connectivity index (χ4v) is 2.05. The van der Waals surface area contributed by atoms with E-state index >= 15 is 0 Å². The average Bonchev–Trinajstić information content (AvgIpc) is 2.99. The number of aromatic nitrogens is 4. The summed E-state index contributed by atoms with van der Waals surface area (Å²) in [5.74, 6) is 1.43. The molecule has 0 unspecified atom stereocenters. The third kappa shape index (κ3) is 2.37. The van der Waals surface area contributed by atoms with E-state index < -0.39 is 0 Å². The van der Waals surface area contributed by atoms with Gasteiger partial charge in [0.2, 0.25) is 5.28 Å². The van der Waals surface area contributed by atoms with Gasteiger partial charge in [-0.3, -0.25) is 4.57 Å². The number of hydrogen-bond acceptors (Lipinski definition) is 4. The number of benzene rings is 1. The van der Waals surface area contributed by atoms with Gasteiger partial charge in [-0.2, -0.15) is 0 Å². The molecular formula is C13H11ClN4O. The maximum Gasteiger partial charge on any atom is 0.225 e. The van der Waals surface area contributed by atoms with Crippen molar-refractivity contribution >= 4 is 11.6 Å². The molecule has 3 rings (SSSR count). The second-order valence-corrected chi connectivity index (χ2v) is 4.52. The molecule has 19 heavy (non-hydrogen) atoms. The Morgan fingerprint density at radius 3 is 2.68 bits per heavy atom. The van der Waals surface area contributed by atoms with Gasteiger partial charge in [-0.1, -0.05) is 35.5 Å². The molecule has 0 amide bonds. The van der Waals surface area contributed by atoms with Gasteiger partial charge in [0.15, 0.2) is 11.6 Å². The zero-order valence-electron chi connectivity index (χ0n) is 10.2. The Morgan fingerprint density at radius 2 is 2.00 bits per heavy atom. The Morgan fingerprint density at radius 1 is 1.21 bits per heavy atom. The van der Waals surface area contributed by atoms with Crippen LogP contribution in [0.3, 0.4) is 0 Å². The van der Waals surface area contributed by atoms with Crippen molar-refractivity contribution in [3.63, 3.8) is 0 Å². The first kappa shape index (κ1) is 11.9. The minimum atomic E-state index is 0.327. The molecule has 3 aromatic rings. The molecule has 96 valence electrons. The van der Waals surface area contributed by atoms with Crippen LogP contribution < -0.4 is 0 Å². The van der Waals surface area contributed by atoms with Gasteiger partial charge in [-0.15, -0.1) is 10.2 Å². The third-order valence-corrected chi connectivity index (χ3v) is 3.01. The van der Waals surface area contributed by atoms with Crippen LogP contribution in [0.2, 0.25) is 5.28 Å². The summed E-state index contributed by atoms with van der Waals surface area (Å²) < 4.78 is 6.99. The van der Waals surface area contributed by atoms with Crippen molar-refractivity contribution in [2.75, 3.05) is 0 Å². The first-order valence-corrected chi connectivity index (χ1v) is 6.18. The van der Waals surface area contributed by atoms with Crippen LogP contribution in [-0.4, -0.2) is 19.9 Å². The van der Waals surface area contributed by atoms with Gasteiger partial charge in [0, 0.05) is 11.6 Å². The molecule has 5 nitrogen and oxygen atoms in total. The van der Waals surface area contributed by atoms with Gasteiger partial charge in [0.05, 0.1) is 12.2 Å². The van der Waals surface area contributed by atoms with Crippen LogP contribution in [0.15, 0.2) is 40.9 Å². The average molecular weight is 275 g/mol. The molecule has 0 spiro atoms. The molecule has 0 bridgehead atoms. The largest absolute Gasteiger partial charge is 0.359 e. The molecule has 0 aliphatic rings. The number of rotatable bonds is 3. The Balaban J connectivity index is 1.99. The summed E-state index contributed by atoms with van der Waals surface area (Å²) in [5, 5.41) is 12.2. The molecular weight excluding hydrogens is 264 g/mol. The molecule has 6 heteroatoms. The second kappa shape index (κ2) is 4.85. The van der Waals surface area contributed by atoms with Gasteiger partial charge in [0.25, 0.3) is 0 Å². The van der Waals surface area contributed by atoms with Crippen molar-refractivity contribution in [1.29, 1.82) is 0 Å². The summed E-state index contributed by atoms with van der Waals surface area (Å²) in [4.78, 5) is 0. The fraction of sp³-hybridized carbons (Fsp3) is 0.154. The Kier molecular flexibility index (Phi) is 3.05. The summed E-state index contributed by atoms with van der Waals surface area (Å²) >= 11 is 6.08. The SMILES string of the molecule is Cc1cc(Cn2c(Cl)nnc2-c2ccccc2)on1. The molecule has 2 heterocycles. The van der Waals surface area contributed by atoms with Gasteiger partial charge in [-0.25, -0.2) is 0 Å². The van der Waals surface area contributed by atoms with Crippen molar-refractivity contribution in [2.45, 2.75) is 13.5 Å². The van der Waals surface area contributed by atoms with E-state index in [-0.39, 0.29) is 0 Å². The van der Waals surface area contributed by atoms with Crippen molar-refractivity contribution < 1.29 is 4.52 Å². The molecule has 1 aromatic carbocycles. The summed E-state index contributed by atoms with van der Waals surface area (Å²) in [6, 6.07) is 11.6. The maximum atomic E-state index is 6.08. The molecule has 0 atom stereocenters. The molecule has 0 fully saturated rings. The summed E-state index contributed by atoms with van der Waals surface area (Å²) in [7, 11) is 0. The van der Waals surface area contributed by atoms with E-state index in [1.165, 1.54) is 0 Å². The van der Waals surface area contributed by atoms with E-state index in [4.69, 9.17) is 16.1 Å². The van der Waals surface area contributed by atoms with E-state index in [9.17, 15) is 0 Å². The van der Waals surface area contributed by atoms with E-state index in [0.29, 0.717) is 17.7 Å². The molecule has 0 radical (unpaired) electrons. The standard InChI is InChI=1S/C13H11ClN4O/c1-9-7-11(19-17-9)8-18-12(15-16-13(18)14)10-5-3-2-4-6-10/h2-7H,8H2,1H3. The van der Waals surface area contributed by atoms with Crippen LogP contribution in [-0.2, 0) is 6.54 Å². The Labute approximate surface area is 114 Å². The number of aryl methyl sites for hydroxylation is 1. The maximum absolute atomic E-state index is 6.08. The van der Waals surface area contributed by atoms with Crippen molar-refractivity contribution in [3.05, 3.63) is 53.1 Å². The van der Waals surface area contributed by atoms with Crippen molar-refractivity contribution in [2.24, 2.45) is 0 Å². The highest BCUT2D eigenvalue weighted by Crippen LogP contribution is 2.21. The molecule has 0 aliphatic carbocycles. The smallest absolute Gasteiger partial charge is 0.225 e. The predicted octanol–water partition coefficient (Wildman–Crippen LogP) is 2.94. The van der Waals surface area contributed by atoms with E-state index in [1.807, 2.05) is 43.3 Å². The van der Waals surface area contributed by atoms with Gasteiger partial charge >= 0.3 is 0 Å². The number of hydrogen-bond donors (Lipinski definition) is 0. The highest BCUT2D eigenvalue weighted by atomic mass is 35.5. The lowest BCUT2D eigenvalue weighted by atomic mass is 10.2. The first-order chi connectivity index (χ1) is 9.24. The molecule has 0 saturated heterocycles. The van der Waals surface area contributed by atoms with E-state index in [0.717, 1.165) is 17.0 Å². The van der Waals surface area contributed by atoms with Gasteiger partial charge < -0.3 is 4.52 Å². The Hall–Kier alpha value is -2.14. The predicted molar refractivity (Wildman–Crippen MR) is 70.8 cm³/mol. The lowest BCUT2D eigenvalue weighted by Crippen LogP contribution is -2.01. The Bertz CT molecular complexity index is 690. The minimum absolute atomic E-state index is 0.327. The van der Waals surface area contributed by atoms with Gasteiger partial charge in [0.1, 0.15) is 0 Å². The summed E-state index contributed by atoms with van der Waals surface area (Å²) in [6.45, 7) is 2.33. The molecule has 0 N–H and O–H groups in total. The number of halogens is 1. The van der Waals surface area contributed by atoms with E-state index in [1.54, 1.807) is 4.57 Å². The van der Waals surface area contributed by atoms with Crippen LogP contribution in [0.5, 0.6) is 0 Å². The van der Waals surface area contributed by atoms with E-state index in [2.05, 4.69) is 15.4 Å². The van der Waals surface area contributed by atoms with Crippen LogP contribution in [0.25, 0.3) is 11.4 Å². The quantitative estimate of drug-likeness (QED) is 0.737. The van der Waals surface area contributed by atoms with Crippen molar-refractivity contribution in [1.82, 2.24) is 19.9 Å². The van der Waals surface area contributed by atoms with Crippen LogP contribution in [0, 0.1) is 6.92 Å². The zero-order chi connectivity index (χ0) is 13.2. The minimum Gasteiger partial charge on any atom is -0.359 e. The topological polar surface area (TPSA) is 56.7 Å². The van der Waals surface area contributed by atoms with Crippen LogP contribution in [0.4, 0.5) is 0 Å². The first-order valence-electron chi connectivity index (χ1n) is 5.80. The number of nitrogens with zero attached hydrogens (tertiary/aromatic N) is 4. The monoisotopic (exact) mass is 274 g/mol. The summed E-state index contributed by atoms with van der Waals surface area (Å²) in [5.41, 5.74) is 1.79. The van der Waals surface area contributed by atoms with Gasteiger partial charge in [-0.05, 0) is 18.5 Å². The highest BCUT2D eigenvalue weighted by Gasteiger charge is 2.14.